The first-order chi connectivity index (χ1) is 16.9. The smallest absolute Gasteiger partial charge is 0.331 e. The molecule has 0 aliphatic carbocycles. The molecule has 5 rings (SSSR count). The topological polar surface area (TPSA) is 82.1 Å². The van der Waals surface area contributed by atoms with E-state index in [0.717, 1.165) is 10.5 Å². The fraction of sp³-hybridized carbons (Fsp3) is 0.111. The SMILES string of the molecule is CCc1ccc[n+](C2=C(c3c(C)nn(-c4ccccc4)c3[O-])C(=O)N(c3ccccc3F)C2=O)c1. The van der Waals surface area contributed by atoms with Gasteiger partial charge >= 0.3 is 5.91 Å². The van der Waals surface area contributed by atoms with E-state index in [2.05, 4.69) is 5.10 Å². The highest BCUT2D eigenvalue weighted by Crippen LogP contribution is 2.38. The molecule has 2 aromatic carbocycles. The fourth-order valence-electron chi connectivity index (χ4n) is 4.25. The van der Waals surface area contributed by atoms with Crippen molar-refractivity contribution in [3.05, 3.63) is 102 Å². The Bertz CT molecular complexity index is 1510. The molecule has 0 atom stereocenters. The molecule has 0 saturated heterocycles. The van der Waals surface area contributed by atoms with E-state index in [9.17, 15) is 19.1 Å². The van der Waals surface area contributed by atoms with Gasteiger partial charge in [-0.15, -0.1) is 0 Å². The average molecular weight is 468 g/mol. The molecule has 35 heavy (non-hydrogen) atoms. The molecule has 2 aromatic heterocycles. The number of rotatable bonds is 5. The minimum Gasteiger partial charge on any atom is -0.858 e. The van der Waals surface area contributed by atoms with Crippen molar-refractivity contribution in [2.24, 2.45) is 0 Å². The van der Waals surface area contributed by atoms with E-state index in [1.807, 2.05) is 19.1 Å². The fourth-order valence-corrected chi connectivity index (χ4v) is 4.25. The molecule has 1 aliphatic heterocycles. The quantitative estimate of drug-likeness (QED) is 0.333. The van der Waals surface area contributed by atoms with Gasteiger partial charge in [0.1, 0.15) is 11.4 Å². The van der Waals surface area contributed by atoms with E-state index in [1.165, 1.54) is 27.4 Å². The van der Waals surface area contributed by atoms with E-state index in [1.54, 1.807) is 55.7 Å². The number of carbonyl (C=O) groups excluding carboxylic acids is 2. The molecule has 0 N–H and O–H groups in total. The lowest BCUT2D eigenvalue weighted by Gasteiger charge is -2.16. The number of amides is 2. The predicted molar refractivity (Wildman–Crippen MR) is 126 cm³/mol. The van der Waals surface area contributed by atoms with Crippen molar-refractivity contribution in [3.63, 3.8) is 0 Å². The largest absolute Gasteiger partial charge is 0.858 e. The molecule has 3 heterocycles. The van der Waals surface area contributed by atoms with Crippen LogP contribution in [0.4, 0.5) is 10.1 Å². The number of nitrogens with zero attached hydrogens (tertiary/aromatic N) is 4. The Balaban J connectivity index is 1.77. The van der Waals surface area contributed by atoms with Crippen molar-refractivity contribution >= 4 is 28.8 Å². The lowest BCUT2D eigenvalue weighted by atomic mass is 10.0. The van der Waals surface area contributed by atoms with Crippen molar-refractivity contribution in [2.45, 2.75) is 20.3 Å². The van der Waals surface area contributed by atoms with Crippen molar-refractivity contribution < 1.29 is 23.7 Å². The normalized spacial score (nSPS) is 13.7. The van der Waals surface area contributed by atoms with Crippen molar-refractivity contribution in [1.82, 2.24) is 9.78 Å². The Labute approximate surface area is 201 Å². The first kappa shape index (κ1) is 22.2. The van der Waals surface area contributed by atoms with Crippen LogP contribution in [-0.4, -0.2) is 21.6 Å². The lowest BCUT2D eigenvalue weighted by molar-refractivity contribution is -0.577. The molecule has 1 aliphatic rings. The minimum atomic E-state index is -0.780. The van der Waals surface area contributed by atoms with Gasteiger partial charge in [-0.25, -0.2) is 14.0 Å². The number of para-hydroxylation sites is 2. The maximum atomic E-state index is 14.7. The molecule has 2 amide bonds. The molecule has 0 radical (unpaired) electrons. The maximum absolute atomic E-state index is 14.7. The minimum absolute atomic E-state index is 0.00967. The molecule has 0 fully saturated rings. The van der Waals surface area contributed by atoms with Gasteiger partial charge in [0, 0.05) is 17.2 Å². The number of halogens is 1. The van der Waals surface area contributed by atoms with Gasteiger partial charge in [-0.2, -0.15) is 9.67 Å². The van der Waals surface area contributed by atoms with Crippen molar-refractivity contribution in [3.8, 4) is 11.6 Å². The second-order valence-electron chi connectivity index (χ2n) is 8.11. The molecule has 0 unspecified atom stereocenters. The van der Waals surface area contributed by atoms with Crippen LogP contribution in [0.5, 0.6) is 5.88 Å². The van der Waals surface area contributed by atoms with Crippen LogP contribution in [-0.2, 0) is 16.0 Å². The number of carbonyl (C=O) groups is 2. The number of anilines is 1. The first-order valence-corrected chi connectivity index (χ1v) is 11.1. The zero-order valence-electron chi connectivity index (χ0n) is 19.1. The predicted octanol–water partition coefficient (Wildman–Crippen LogP) is 3.19. The molecular formula is C27H21FN4O3. The van der Waals surface area contributed by atoms with E-state index in [0.29, 0.717) is 12.1 Å². The third-order valence-electron chi connectivity index (χ3n) is 5.95. The van der Waals surface area contributed by atoms with Crippen LogP contribution in [0.15, 0.2) is 79.1 Å². The summed E-state index contributed by atoms with van der Waals surface area (Å²) >= 11 is 0. The summed E-state index contributed by atoms with van der Waals surface area (Å²) in [7, 11) is 0. The summed E-state index contributed by atoms with van der Waals surface area (Å²) in [5.74, 6) is -2.76. The Morgan fingerprint density at radius 3 is 2.40 bits per heavy atom. The Morgan fingerprint density at radius 1 is 0.971 bits per heavy atom. The molecule has 8 heteroatoms. The van der Waals surface area contributed by atoms with Crippen LogP contribution in [0.25, 0.3) is 17.0 Å². The highest BCUT2D eigenvalue weighted by atomic mass is 19.1. The van der Waals surface area contributed by atoms with Crippen molar-refractivity contribution in [2.75, 3.05) is 4.90 Å². The molecule has 0 spiro atoms. The highest BCUT2D eigenvalue weighted by Gasteiger charge is 2.48. The number of imide groups is 1. The number of pyridine rings is 1. The lowest BCUT2D eigenvalue weighted by Crippen LogP contribution is -2.40. The van der Waals surface area contributed by atoms with Crippen molar-refractivity contribution in [1.29, 1.82) is 0 Å². The van der Waals surface area contributed by atoms with Crippen LogP contribution in [0.1, 0.15) is 23.7 Å². The van der Waals surface area contributed by atoms with Gasteiger partial charge < -0.3 is 5.11 Å². The van der Waals surface area contributed by atoms with E-state index >= 15 is 0 Å². The second kappa shape index (κ2) is 8.64. The summed E-state index contributed by atoms with van der Waals surface area (Å²) < 4.78 is 17.4. The van der Waals surface area contributed by atoms with E-state index < -0.39 is 23.5 Å². The molecule has 0 saturated carbocycles. The number of hydrogen-bond acceptors (Lipinski definition) is 4. The summed E-state index contributed by atoms with van der Waals surface area (Å²) in [6, 6.07) is 18.0. The Hall–Kier alpha value is -4.59. The van der Waals surface area contributed by atoms with Gasteiger partial charge in [-0.3, -0.25) is 9.59 Å². The summed E-state index contributed by atoms with van der Waals surface area (Å²) in [4.78, 5) is 28.2. The first-order valence-electron chi connectivity index (χ1n) is 11.1. The van der Waals surface area contributed by atoms with Crippen LogP contribution >= 0.6 is 0 Å². The second-order valence-corrected chi connectivity index (χ2v) is 8.11. The third kappa shape index (κ3) is 3.59. The van der Waals surface area contributed by atoms with Crippen LogP contribution in [0.3, 0.4) is 0 Å². The van der Waals surface area contributed by atoms with Gasteiger partial charge in [-0.1, -0.05) is 37.3 Å². The zero-order valence-corrected chi connectivity index (χ0v) is 19.1. The number of aromatic nitrogens is 3. The van der Waals surface area contributed by atoms with Crippen LogP contribution in [0, 0.1) is 12.7 Å². The number of aryl methyl sites for hydroxylation is 2. The van der Waals surface area contributed by atoms with Gasteiger partial charge in [-0.05, 0) is 49.6 Å². The van der Waals surface area contributed by atoms with Crippen LogP contribution in [0.2, 0.25) is 0 Å². The van der Waals surface area contributed by atoms with Gasteiger partial charge in [0.15, 0.2) is 12.4 Å². The zero-order chi connectivity index (χ0) is 24.7. The maximum Gasteiger partial charge on any atom is 0.331 e. The molecule has 0 bridgehead atoms. The standard InChI is InChI=1S/C27H21FN4O3/c1-3-18-10-9-15-30(16-18)24-23(25(33)31(27(24)35)21-14-8-7-13-20(21)28)22-17(2)29-32(26(22)34)19-11-5-4-6-12-19/h4-16H,3H2,1-2H3. The van der Waals surface area contributed by atoms with Gasteiger partial charge in [0.2, 0.25) is 0 Å². The summed E-state index contributed by atoms with van der Waals surface area (Å²) in [6.45, 7) is 3.57. The third-order valence-corrected chi connectivity index (χ3v) is 5.95. The van der Waals surface area contributed by atoms with Gasteiger partial charge in [0.05, 0.1) is 17.1 Å². The van der Waals surface area contributed by atoms with Gasteiger partial charge in [0.25, 0.3) is 11.6 Å². The highest BCUT2D eigenvalue weighted by molar-refractivity contribution is 6.53. The van der Waals surface area contributed by atoms with Crippen LogP contribution < -0.4 is 14.6 Å². The Morgan fingerprint density at radius 2 is 1.69 bits per heavy atom. The summed E-state index contributed by atoms with van der Waals surface area (Å²) in [6.07, 6.45) is 4.05. The molecular weight excluding hydrogens is 447 g/mol. The summed E-state index contributed by atoms with van der Waals surface area (Å²) in [5.41, 5.74) is 1.43. The number of hydrogen-bond donors (Lipinski definition) is 0. The molecule has 174 valence electrons. The number of benzene rings is 2. The summed E-state index contributed by atoms with van der Waals surface area (Å²) in [5, 5.41) is 17.9. The molecule has 7 nitrogen and oxygen atoms in total. The Kier molecular flexibility index (Phi) is 5.49. The molecule has 4 aromatic rings. The van der Waals surface area contributed by atoms with E-state index in [-0.39, 0.29) is 28.2 Å². The monoisotopic (exact) mass is 468 g/mol. The van der Waals surface area contributed by atoms with E-state index in [4.69, 9.17) is 0 Å². The average Bonchev–Trinajstić information content (AvgIpc) is 3.30.